The Labute approximate surface area is 102 Å². The van der Waals surface area contributed by atoms with E-state index in [0.29, 0.717) is 16.3 Å². The summed E-state index contributed by atoms with van der Waals surface area (Å²) in [6, 6.07) is 6.03. The van der Waals surface area contributed by atoms with Crippen molar-refractivity contribution in [1.82, 2.24) is 0 Å². The number of aryl methyl sites for hydroxylation is 1. The van der Waals surface area contributed by atoms with E-state index < -0.39 is 0 Å². The first-order chi connectivity index (χ1) is 8.06. The summed E-state index contributed by atoms with van der Waals surface area (Å²) in [6.07, 6.45) is 0. The Morgan fingerprint density at radius 1 is 1.41 bits per heavy atom. The number of anilines is 2. The van der Waals surface area contributed by atoms with Gasteiger partial charge in [-0.3, -0.25) is 4.79 Å². The van der Waals surface area contributed by atoms with E-state index in [1.807, 2.05) is 0 Å². The zero-order valence-electron chi connectivity index (χ0n) is 9.16. The molecule has 0 fully saturated rings. The number of halogens is 1. The molecule has 2 aromatic rings. The highest BCUT2D eigenvalue weighted by molar-refractivity contribution is 7.12. The zero-order valence-corrected chi connectivity index (χ0v) is 9.98. The lowest BCUT2D eigenvalue weighted by Crippen LogP contribution is -2.12. The van der Waals surface area contributed by atoms with Crippen LogP contribution in [0.3, 0.4) is 0 Å². The van der Waals surface area contributed by atoms with Crippen molar-refractivity contribution in [2.24, 2.45) is 0 Å². The quantitative estimate of drug-likeness (QED) is 0.860. The molecule has 0 saturated carbocycles. The molecule has 0 aliphatic rings. The number of carbonyl (C=O) groups is 1. The van der Waals surface area contributed by atoms with Gasteiger partial charge in [-0.25, -0.2) is 4.39 Å². The first-order valence-corrected chi connectivity index (χ1v) is 5.86. The molecule has 0 radical (unpaired) electrons. The second-order valence-electron chi connectivity index (χ2n) is 3.68. The molecule has 1 aromatic heterocycles. The number of benzene rings is 1. The maximum absolute atomic E-state index is 13.1. The number of thiophene rings is 1. The number of amides is 1. The van der Waals surface area contributed by atoms with E-state index in [-0.39, 0.29) is 11.7 Å². The molecule has 3 nitrogen and oxygen atoms in total. The van der Waals surface area contributed by atoms with E-state index in [2.05, 4.69) is 5.32 Å². The highest BCUT2D eigenvalue weighted by Crippen LogP contribution is 2.21. The molecule has 17 heavy (non-hydrogen) atoms. The van der Waals surface area contributed by atoms with Gasteiger partial charge in [-0.05, 0) is 42.1 Å². The number of rotatable bonds is 2. The van der Waals surface area contributed by atoms with Crippen molar-refractivity contribution in [2.75, 3.05) is 11.1 Å². The SMILES string of the molecule is Cc1cc(F)cc(NC(=O)c2sccc2N)c1. The Morgan fingerprint density at radius 2 is 2.18 bits per heavy atom. The second-order valence-corrected chi connectivity index (χ2v) is 4.59. The standard InChI is InChI=1S/C12H11FN2OS/c1-7-4-8(13)6-9(5-7)15-12(16)11-10(14)2-3-17-11/h2-6H,14H2,1H3,(H,15,16). The number of nitrogens with two attached hydrogens (primary N) is 1. The molecule has 1 heterocycles. The van der Waals surface area contributed by atoms with Crippen LogP contribution in [0, 0.1) is 12.7 Å². The molecular weight excluding hydrogens is 239 g/mol. The van der Waals surface area contributed by atoms with Crippen molar-refractivity contribution in [3.05, 3.63) is 45.9 Å². The Bertz CT molecular complexity index is 545. The first kappa shape index (κ1) is 11.6. The van der Waals surface area contributed by atoms with E-state index in [1.165, 1.54) is 23.5 Å². The minimum atomic E-state index is -0.376. The predicted octanol–water partition coefficient (Wildman–Crippen LogP) is 3.03. The fourth-order valence-corrected chi connectivity index (χ4v) is 2.21. The van der Waals surface area contributed by atoms with Crippen LogP contribution in [0.25, 0.3) is 0 Å². The second kappa shape index (κ2) is 4.55. The van der Waals surface area contributed by atoms with Gasteiger partial charge in [-0.15, -0.1) is 11.3 Å². The lowest BCUT2D eigenvalue weighted by Gasteiger charge is -2.05. The molecule has 2 rings (SSSR count). The molecule has 1 amide bonds. The van der Waals surface area contributed by atoms with E-state index in [1.54, 1.807) is 24.4 Å². The van der Waals surface area contributed by atoms with Crippen LogP contribution in [0.4, 0.5) is 15.8 Å². The van der Waals surface area contributed by atoms with E-state index in [0.717, 1.165) is 5.56 Å². The average molecular weight is 250 g/mol. The largest absolute Gasteiger partial charge is 0.397 e. The minimum Gasteiger partial charge on any atom is -0.397 e. The summed E-state index contributed by atoms with van der Waals surface area (Å²) in [6.45, 7) is 1.76. The molecule has 5 heteroatoms. The van der Waals surface area contributed by atoms with Crippen LogP contribution in [-0.4, -0.2) is 5.91 Å². The summed E-state index contributed by atoms with van der Waals surface area (Å²) >= 11 is 1.25. The van der Waals surface area contributed by atoms with Crippen molar-refractivity contribution in [3.8, 4) is 0 Å². The van der Waals surface area contributed by atoms with Crippen LogP contribution in [0.1, 0.15) is 15.2 Å². The van der Waals surface area contributed by atoms with Crippen molar-refractivity contribution in [2.45, 2.75) is 6.92 Å². The van der Waals surface area contributed by atoms with Gasteiger partial charge in [-0.2, -0.15) is 0 Å². The highest BCUT2D eigenvalue weighted by Gasteiger charge is 2.11. The predicted molar refractivity (Wildman–Crippen MR) is 67.8 cm³/mol. The van der Waals surface area contributed by atoms with Gasteiger partial charge >= 0.3 is 0 Å². The topological polar surface area (TPSA) is 55.1 Å². The normalized spacial score (nSPS) is 10.2. The highest BCUT2D eigenvalue weighted by atomic mass is 32.1. The van der Waals surface area contributed by atoms with Gasteiger partial charge in [0.1, 0.15) is 10.7 Å². The van der Waals surface area contributed by atoms with Gasteiger partial charge in [0.05, 0.1) is 5.69 Å². The van der Waals surface area contributed by atoms with Gasteiger partial charge in [0.2, 0.25) is 0 Å². The van der Waals surface area contributed by atoms with Crippen LogP contribution in [0.15, 0.2) is 29.6 Å². The number of hydrogen-bond acceptors (Lipinski definition) is 3. The molecule has 1 aromatic carbocycles. The molecule has 0 bridgehead atoms. The molecule has 0 aliphatic heterocycles. The van der Waals surface area contributed by atoms with Gasteiger partial charge < -0.3 is 11.1 Å². The van der Waals surface area contributed by atoms with Crippen LogP contribution in [0.5, 0.6) is 0 Å². The van der Waals surface area contributed by atoms with Crippen LogP contribution < -0.4 is 11.1 Å². The van der Waals surface area contributed by atoms with Crippen molar-refractivity contribution < 1.29 is 9.18 Å². The van der Waals surface area contributed by atoms with Crippen LogP contribution in [-0.2, 0) is 0 Å². The lowest BCUT2D eigenvalue weighted by atomic mass is 10.2. The lowest BCUT2D eigenvalue weighted by molar-refractivity contribution is 0.103. The summed E-state index contributed by atoms with van der Waals surface area (Å²) in [5.41, 5.74) is 7.24. The Kier molecular flexibility index (Phi) is 3.10. The third-order valence-corrected chi connectivity index (χ3v) is 3.13. The Hall–Kier alpha value is -1.88. The fourth-order valence-electron chi connectivity index (χ4n) is 1.50. The number of hydrogen-bond donors (Lipinski definition) is 2. The van der Waals surface area contributed by atoms with Crippen LogP contribution >= 0.6 is 11.3 Å². The molecule has 0 atom stereocenters. The molecule has 88 valence electrons. The van der Waals surface area contributed by atoms with Crippen molar-refractivity contribution in [1.29, 1.82) is 0 Å². The molecule has 0 unspecified atom stereocenters. The summed E-state index contributed by atoms with van der Waals surface area (Å²) in [7, 11) is 0. The maximum Gasteiger partial charge on any atom is 0.267 e. The summed E-state index contributed by atoms with van der Waals surface area (Å²) in [5.74, 6) is -0.693. The molecule has 0 aliphatic carbocycles. The van der Waals surface area contributed by atoms with E-state index in [9.17, 15) is 9.18 Å². The average Bonchev–Trinajstić information content (AvgIpc) is 2.62. The molecule has 0 spiro atoms. The Balaban J connectivity index is 2.21. The Morgan fingerprint density at radius 3 is 2.76 bits per heavy atom. The third-order valence-electron chi connectivity index (χ3n) is 2.20. The summed E-state index contributed by atoms with van der Waals surface area (Å²) in [4.78, 5) is 12.3. The van der Waals surface area contributed by atoms with E-state index in [4.69, 9.17) is 5.73 Å². The first-order valence-electron chi connectivity index (χ1n) is 4.98. The summed E-state index contributed by atoms with van der Waals surface area (Å²) in [5, 5.41) is 4.36. The number of nitrogen functional groups attached to an aromatic ring is 1. The smallest absolute Gasteiger partial charge is 0.267 e. The van der Waals surface area contributed by atoms with Crippen molar-refractivity contribution in [3.63, 3.8) is 0 Å². The van der Waals surface area contributed by atoms with Gasteiger partial charge in [0.15, 0.2) is 0 Å². The zero-order chi connectivity index (χ0) is 12.4. The molecule has 3 N–H and O–H groups in total. The van der Waals surface area contributed by atoms with Crippen molar-refractivity contribution >= 4 is 28.6 Å². The summed E-state index contributed by atoms with van der Waals surface area (Å²) < 4.78 is 13.1. The third kappa shape index (κ3) is 2.62. The van der Waals surface area contributed by atoms with Crippen LogP contribution in [0.2, 0.25) is 0 Å². The number of nitrogens with one attached hydrogen (secondary N) is 1. The minimum absolute atomic E-state index is 0.317. The molecular formula is C12H11FN2OS. The number of carbonyl (C=O) groups excluding carboxylic acids is 1. The van der Waals surface area contributed by atoms with E-state index >= 15 is 0 Å². The molecule has 0 saturated heterocycles. The van der Waals surface area contributed by atoms with Gasteiger partial charge in [-0.1, -0.05) is 0 Å². The monoisotopic (exact) mass is 250 g/mol. The fraction of sp³-hybridized carbons (Fsp3) is 0.0833. The maximum atomic E-state index is 13.1. The van der Waals surface area contributed by atoms with Gasteiger partial charge in [0, 0.05) is 5.69 Å². The van der Waals surface area contributed by atoms with Gasteiger partial charge in [0.25, 0.3) is 5.91 Å².